The number of thiophene rings is 1. The van der Waals surface area contributed by atoms with Crippen LogP contribution < -0.4 is 4.90 Å². The number of benzene rings is 5. The molecule has 0 unspecified atom stereocenters. The van der Waals surface area contributed by atoms with Crippen LogP contribution in [0.3, 0.4) is 0 Å². The highest BCUT2D eigenvalue weighted by molar-refractivity contribution is 7.08. The molecule has 0 N–H and O–H groups in total. The Bertz CT molecular complexity index is 1680. The van der Waals surface area contributed by atoms with Crippen LogP contribution in [0.15, 0.2) is 150 Å². The molecule has 41 heavy (non-hydrogen) atoms. The van der Waals surface area contributed by atoms with Gasteiger partial charge in [0.05, 0.1) is 0 Å². The third-order valence-electron chi connectivity index (χ3n) is 7.05. The standard InChI is InChI=1S/C39H31NS/c1-4-10-32(11-5-1)28-36-29-33(18-22-35(36)23-19-34-26-27-41-30-34)17-16-31-20-24-39(25-21-31)40(37-12-6-2-7-13-37)38-14-8-3-9-15-38/h1-27,29-30H,28H2. The summed E-state index contributed by atoms with van der Waals surface area (Å²) < 4.78 is 0. The maximum Gasteiger partial charge on any atom is 0.0462 e. The van der Waals surface area contributed by atoms with E-state index in [9.17, 15) is 0 Å². The molecule has 0 atom stereocenters. The van der Waals surface area contributed by atoms with Gasteiger partial charge in [-0.15, -0.1) is 0 Å². The Morgan fingerprint density at radius 2 is 1.05 bits per heavy atom. The molecule has 0 bridgehead atoms. The molecule has 0 saturated carbocycles. The molecule has 1 nitrogen and oxygen atoms in total. The minimum absolute atomic E-state index is 0.898. The van der Waals surface area contributed by atoms with E-state index in [-0.39, 0.29) is 0 Å². The molecular weight excluding hydrogens is 515 g/mol. The smallest absolute Gasteiger partial charge is 0.0462 e. The summed E-state index contributed by atoms with van der Waals surface area (Å²) >= 11 is 1.73. The Labute approximate surface area is 247 Å². The van der Waals surface area contributed by atoms with Gasteiger partial charge in [0, 0.05) is 17.1 Å². The first-order valence-electron chi connectivity index (χ1n) is 13.9. The van der Waals surface area contributed by atoms with Gasteiger partial charge in [0.25, 0.3) is 0 Å². The van der Waals surface area contributed by atoms with Gasteiger partial charge >= 0.3 is 0 Å². The van der Waals surface area contributed by atoms with Crippen LogP contribution in [0.5, 0.6) is 0 Å². The minimum atomic E-state index is 0.898. The third kappa shape index (κ3) is 6.81. The van der Waals surface area contributed by atoms with E-state index in [1.807, 2.05) is 0 Å². The van der Waals surface area contributed by atoms with Gasteiger partial charge in [0.15, 0.2) is 0 Å². The SMILES string of the molecule is C(=Cc1ccc(C=Cc2ccsc2)c(Cc2ccccc2)c1)c1ccc(N(c2ccccc2)c2ccccc2)cc1. The second-order valence-corrected chi connectivity index (χ2v) is 10.7. The highest BCUT2D eigenvalue weighted by Gasteiger charge is 2.11. The molecule has 6 aromatic rings. The maximum atomic E-state index is 2.32. The Balaban J connectivity index is 1.25. The van der Waals surface area contributed by atoms with Crippen LogP contribution in [0.4, 0.5) is 17.1 Å². The van der Waals surface area contributed by atoms with E-state index >= 15 is 0 Å². The summed E-state index contributed by atoms with van der Waals surface area (Å²) in [6.07, 6.45) is 9.74. The summed E-state index contributed by atoms with van der Waals surface area (Å²) in [6, 6.07) is 49.4. The molecule has 0 spiro atoms. The van der Waals surface area contributed by atoms with Crippen molar-refractivity contribution in [2.45, 2.75) is 6.42 Å². The first-order chi connectivity index (χ1) is 20.3. The zero-order chi connectivity index (χ0) is 27.7. The van der Waals surface area contributed by atoms with Crippen LogP contribution in [0, 0.1) is 0 Å². The van der Waals surface area contributed by atoms with Crippen molar-refractivity contribution in [2.75, 3.05) is 4.90 Å². The van der Waals surface area contributed by atoms with E-state index in [0.29, 0.717) is 0 Å². The van der Waals surface area contributed by atoms with E-state index in [1.165, 1.54) is 33.4 Å². The summed E-state index contributed by atoms with van der Waals surface area (Å²) in [5, 5.41) is 4.29. The Morgan fingerprint density at radius 3 is 1.68 bits per heavy atom. The highest BCUT2D eigenvalue weighted by Crippen LogP contribution is 2.34. The van der Waals surface area contributed by atoms with Gasteiger partial charge in [0.2, 0.25) is 0 Å². The Hall–Kier alpha value is -4.92. The normalized spacial score (nSPS) is 11.3. The lowest BCUT2D eigenvalue weighted by molar-refractivity contribution is 1.18. The summed E-state index contributed by atoms with van der Waals surface area (Å²) in [5.41, 5.74) is 10.9. The summed E-state index contributed by atoms with van der Waals surface area (Å²) in [7, 11) is 0. The van der Waals surface area contributed by atoms with Crippen molar-refractivity contribution in [3.8, 4) is 0 Å². The predicted molar refractivity (Wildman–Crippen MR) is 179 cm³/mol. The van der Waals surface area contributed by atoms with Crippen molar-refractivity contribution >= 4 is 52.7 Å². The predicted octanol–water partition coefficient (Wildman–Crippen LogP) is 11.1. The van der Waals surface area contributed by atoms with Crippen molar-refractivity contribution in [1.82, 2.24) is 0 Å². The van der Waals surface area contributed by atoms with Gasteiger partial charge in [-0.1, -0.05) is 121 Å². The molecule has 198 valence electrons. The molecule has 1 heterocycles. The van der Waals surface area contributed by atoms with Crippen molar-refractivity contribution in [3.63, 3.8) is 0 Å². The average Bonchev–Trinajstić information content (AvgIpc) is 3.56. The largest absolute Gasteiger partial charge is 0.311 e. The van der Waals surface area contributed by atoms with Gasteiger partial charge in [-0.05, 0) is 93.0 Å². The van der Waals surface area contributed by atoms with E-state index in [4.69, 9.17) is 0 Å². The number of anilines is 3. The molecule has 5 aromatic carbocycles. The highest BCUT2D eigenvalue weighted by atomic mass is 32.1. The first-order valence-corrected chi connectivity index (χ1v) is 14.8. The maximum absolute atomic E-state index is 2.32. The average molecular weight is 546 g/mol. The second kappa shape index (κ2) is 13.0. The fraction of sp³-hybridized carbons (Fsp3) is 0.0256. The molecule has 6 rings (SSSR count). The molecule has 0 aliphatic carbocycles. The molecule has 0 radical (unpaired) electrons. The molecule has 0 fully saturated rings. The number of hydrogen-bond acceptors (Lipinski definition) is 2. The monoisotopic (exact) mass is 545 g/mol. The molecule has 0 aliphatic rings. The van der Waals surface area contributed by atoms with Crippen molar-refractivity contribution < 1.29 is 0 Å². The van der Waals surface area contributed by atoms with Crippen LogP contribution in [0.25, 0.3) is 24.3 Å². The van der Waals surface area contributed by atoms with Gasteiger partial charge < -0.3 is 4.90 Å². The van der Waals surface area contributed by atoms with Crippen molar-refractivity contribution in [1.29, 1.82) is 0 Å². The number of rotatable bonds is 9. The summed E-state index contributed by atoms with van der Waals surface area (Å²) in [6.45, 7) is 0. The molecule has 0 amide bonds. The van der Waals surface area contributed by atoms with E-state index in [2.05, 4.69) is 179 Å². The Kier molecular flexibility index (Phi) is 8.31. The third-order valence-corrected chi connectivity index (χ3v) is 7.75. The second-order valence-electron chi connectivity index (χ2n) is 9.94. The Morgan fingerprint density at radius 1 is 0.488 bits per heavy atom. The summed E-state index contributed by atoms with van der Waals surface area (Å²) in [4.78, 5) is 2.28. The van der Waals surface area contributed by atoms with Gasteiger partial charge in [-0.3, -0.25) is 0 Å². The van der Waals surface area contributed by atoms with Gasteiger partial charge in [-0.25, -0.2) is 0 Å². The van der Waals surface area contributed by atoms with Crippen LogP contribution in [0.2, 0.25) is 0 Å². The fourth-order valence-corrected chi connectivity index (χ4v) is 5.57. The quantitative estimate of drug-likeness (QED) is 0.163. The summed E-state index contributed by atoms with van der Waals surface area (Å²) in [5.74, 6) is 0. The lowest BCUT2D eigenvalue weighted by atomic mass is 9.96. The lowest BCUT2D eigenvalue weighted by Crippen LogP contribution is -2.09. The molecule has 1 aromatic heterocycles. The molecule has 2 heteroatoms. The fourth-order valence-electron chi connectivity index (χ4n) is 4.94. The van der Waals surface area contributed by atoms with Crippen molar-refractivity contribution in [3.05, 3.63) is 184 Å². The van der Waals surface area contributed by atoms with Gasteiger partial charge in [0.1, 0.15) is 0 Å². The molecule has 0 saturated heterocycles. The van der Waals surface area contributed by atoms with Crippen LogP contribution >= 0.6 is 11.3 Å². The van der Waals surface area contributed by atoms with E-state index in [1.54, 1.807) is 11.3 Å². The lowest BCUT2D eigenvalue weighted by Gasteiger charge is -2.25. The zero-order valence-corrected chi connectivity index (χ0v) is 23.6. The molecule has 0 aliphatic heterocycles. The number of hydrogen-bond donors (Lipinski definition) is 0. The first kappa shape index (κ1) is 26.3. The number of nitrogens with zero attached hydrogens (tertiary/aromatic N) is 1. The topological polar surface area (TPSA) is 3.24 Å². The minimum Gasteiger partial charge on any atom is -0.311 e. The number of para-hydroxylation sites is 2. The zero-order valence-electron chi connectivity index (χ0n) is 22.8. The van der Waals surface area contributed by atoms with Crippen LogP contribution in [0.1, 0.15) is 33.4 Å². The van der Waals surface area contributed by atoms with E-state index in [0.717, 1.165) is 23.5 Å². The molecular formula is C39H31NS. The van der Waals surface area contributed by atoms with Crippen LogP contribution in [-0.2, 0) is 6.42 Å². The van der Waals surface area contributed by atoms with Gasteiger partial charge in [-0.2, -0.15) is 11.3 Å². The van der Waals surface area contributed by atoms with Crippen molar-refractivity contribution in [2.24, 2.45) is 0 Å². The van der Waals surface area contributed by atoms with Crippen LogP contribution in [-0.4, -0.2) is 0 Å². The van der Waals surface area contributed by atoms with E-state index < -0.39 is 0 Å².